The molecule has 4 saturated carbocycles. The molecule has 0 N–H and O–H groups in total. The largest absolute Gasteiger partial charge is 0.409 e. The lowest BCUT2D eigenvalue weighted by molar-refractivity contribution is -0.157. The first-order valence-corrected chi connectivity index (χ1v) is 16.9. The second-order valence-electron chi connectivity index (χ2n) is 14.9. The number of allylic oxidation sites excluding steroid dienone is 1. The average molecular weight is 475 g/mol. The second kappa shape index (κ2) is 8.48. The zero-order chi connectivity index (χ0) is 24.4. The SMILES string of the molecule is C=C(C)[C@H]1CC[C@H]2[C@@H]3CC[C@@H]4C[C@](COC)(O[Si](C)(C)C(C)(C)C)CC[C@]4(C)[C@H]3CC[C@]12C. The lowest BCUT2D eigenvalue weighted by Crippen LogP contribution is -2.60. The Kier molecular flexibility index (Phi) is 6.67. The lowest BCUT2D eigenvalue weighted by Gasteiger charge is -2.63. The first-order valence-electron chi connectivity index (χ1n) is 14.0. The van der Waals surface area contributed by atoms with Crippen molar-refractivity contribution in [3.63, 3.8) is 0 Å². The van der Waals surface area contributed by atoms with Crippen LogP contribution in [0.5, 0.6) is 0 Å². The number of fused-ring (bicyclic) bond motifs is 5. The van der Waals surface area contributed by atoms with Crippen LogP contribution in [0.3, 0.4) is 0 Å². The zero-order valence-electron chi connectivity index (χ0n) is 23.5. The van der Waals surface area contributed by atoms with Crippen molar-refractivity contribution in [2.75, 3.05) is 13.7 Å². The quantitative estimate of drug-likeness (QED) is 0.293. The summed E-state index contributed by atoms with van der Waals surface area (Å²) in [6.45, 7) is 24.8. The Bertz CT molecular complexity index is 753. The lowest BCUT2D eigenvalue weighted by atomic mass is 9.44. The van der Waals surface area contributed by atoms with E-state index in [2.05, 4.69) is 61.2 Å². The van der Waals surface area contributed by atoms with Gasteiger partial charge in [0.2, 0.25) is 0 Å². The van der Waals surface area contributed by atoms with E-state index in [9.17, 15) is 0 Å². The van der Waals surface area contributed by atoms with Crippen molar-refractivity contribution in [3.8, 4) is 0 Å². The molecule has 0 spiro atoms. The molecule has 3 heteroatoms. The van der Waals surface area contributed by atoms with Crippen LogP contribution in [0.15, 0.2) is 12.2 Å². The van der Waals surface area contributed by atoms with E-state index in [1.165, 1.54) is 63.4 Å². The molecule has 0 aromatic rings. The third-order valence-electron chi connectivity index (χ3n) is 12.1. The normalized spacial score (nSPS) is 45.8. The van der Waals surface area contributed by atoms with E-state index in [-0.39, 0.29) is 10.6 Å². The highest BCUT2D eigenvalue weighted by molar-refractivity contribution is 6.74. The molecule has 4 aliphatic carbocycles. The van der Waals surface area contributed by atoms with Gasteiger partial charge in [-0.15, -0.1) is 0 Å². The Morgan fingerprint density at radius 3 is 2.21 bits per heavy atom. The molecule has 0 bridgehead atoms. The molecule has 4 fully saturated rings. The monoisotopic (exact) mass is 474 g/mol. The van der Waals surface area contributed by atoms with Crippen LogP contribution in [0.1, 0.15) is 99.3 Å². The average Bonchev–Trinajstić information content (AvgIpc) is 3.05. The molecule has 4 rings (SSSR count). The summed E-state index contributed by atoms with van der Waals surface area (Å²) in [4.78, 5) is 0. The standard InChI is InChI=1S/C30H54O2Si/c1-21(2)24-13-14-25-23-12-11-22-19-30(20-31-8,32-33(9,10)27(3,4)5)18-17-28(22,6)26(23)15-16-29(24,25)7/h22-26H,1,11-20H2,2-10H3/t22-,23+,24-,25+,26+,28+,29-,30-/m1/s1. The maximum Gasteiger partial charge on any atom is 0.192 e. The van der Waals surface area contributed by atoms with Crippen LogP contribution >= 0.6 is 0 Å². The molecule has 0 unspecified atom stereocenters. The molecular formula is C30H54O2Si. The minimum absolute atomic E-state index is 0.0731. The number of methoxy groups -OCH3 is 1. The van der Waals surface area contributed by atoms with Gasteiger partial charge in [0, 0.05) is 7.11 Å². The molecule has 8 atom stereocenters. The van der Waals surface area contributed by atoms with Gasteiger partial charge in [-0.05, 0) is 123 Å². The fourth-order valence-electron chi connectivity index (χ4n) is 9.33. The summed E-state index contributed by atoms with van der Waals surface area (Å²) in [6.07, 6.45) is 12.2. The Labute approximate surface area is 206 Å². The summed E-state index contributed by atoms with van der Waals surface area (Å²) in [6, 6.07) is 0. The highest BCUT2D eigenvalue weighted by Crippen LogP contribution is 2.69. The van der Waals surface area contributed by atoms with Gasteiger partial charge in [-0.1, -0.05) is 46.8 Å². The van der Waals surface area contributed by atoms with E-state index in [4.69, 9.17) is 9.16 Å². The molecule has 0 saturated heterocycles. The Hall–Kier alpha value is -0.123. The third-order valence-corrected chi connectivity index (χ3v) is 16.6. The molecule has 0 aliphatic heterocycles. The first kappa shape index (κ1) is 26.0. The highest BCUT2D eigenvalue weighted by atomic mass is 28.4. The van der Waals surface area contributed by atoms with Crippen molar-refractivity contribution in [1.29, 1.82) is 0 Å². The molecule has 4 aliphatic rings. The van der Waals surface area contributed by atoms with Crippen molar-refractivity contribution in [2.24, 2.45) is 40.4 Å². The topological polar surface area (TPSA) is 18.5 Å². The van der Waals surface area contributed by atoms with Gasteiger partial charge in [-0.3, -0.25) is 0 Å². The van der Waals surface area contributed by atoms with Crippen molar-refractivity contribution in [1.82, 2.24) is 0 Å². The van der Waals surface area contributed by atoms with Gasteiger partial charge >= 0.3 is 0 Å². The van der Waals surface area contributed by atoms with E-state index in [0.717, 1.165) is 36.2 Å². The third kappa shape index (κ3) is 4.14. The molecule has 0 amide bonds. The molecule has 0 heterocycles. The van der Waals surface area contributed by atoms with Gasteiger partial charge in [0.15, 0.2) is 8.32 Å². The predicted molar refractivity (Wildman–Crippen MR) is 143 cm³/mol. The minimum Gasteiger partial charge on any atom is -0.409 e. The van der Waals surface area contributed by atoms with Crippen LogP contribution in [0.2, 0.25) is 18.1 Å². The van der Waals surface area contributed by atoms with Crippen molar-refractivity contribution >= 4 is 8.32 Å². The molecule has 0 aromatic heterocycles. The number of ether oxygens (including phenoxy) is 1. The smallest absolute Gasteiger partial charge is 0.192 e. The molecule has 0 radical (unpaired) electrons. The summed E-state index contributed by atoms with van der Waals surface area (Å²) < 4.78 is 13.1. The van der Waals surface area contributed by atoms with Gasteiger partial charge in [0.1, 0.15) is 0 Å². The number of hydrogen-bond donors (Lipinski definition) is 0. The summed E-state index contributed by atoms with van der Waals surface area (Å²) in [5.74, 6) is 4.31. The van der Waals surface area contributed by atoms with Crippen LogP contribution in [0.25, 0.3) is 0 Å². The second-order valence-corrected chi connectivity index (χ2v) is 19.6. The van der Waals surface area contributed by atoms with Crippen LogP contribution in [0, 0.1) is 40.4 Å². The van der Waals surface area contributed by atoms with Crippen LogP contribution in [0.4, 0.5) is 0 Å². The predicted octanol–water partition coefficient (Wildman–Crippen LogP) is 8.63. The van der Waals surface area contributed by atoms with Crippen molar-refractivity contribution in [2.45, 2.75) is 123 Å². The van der Waals surface area contributed by atoms with Crippen molar-refractivity contribution in [3.05, 3.63) is 12.2 Å². The molecule has 0 aromatic carbocycles. The molecule has 2 nitrogen and oxygen atoms in total. The van der Waals surface area contributed by atoms with Crippen LogP contribution in [-0.2, 0) is 9.16 Å². The van der Waals surface area contributed by atoms with Gasteiger partial charge in [0.25, 0.3) is 0 Å². The summed E-state index contributed by atoms with van der Waals surface area (Å²) in [7, 11) is 0.0249. The fraction of sp³-hybridized carbons (Fsp3) is 0.933. The maximum atomic E-state index is 7.23. The summed E-state index contributed by atoms with van der Waals surface area (Å²) >= 11 is 0. The molecule has 33 heavy (non-hydrogen) atoms. The van der Waals surface area contributed by atoms with Gasteiger partial charge in [-0.2, -0.15) is 0 Å². The van der Waals surface area contributed by atoms with E-state index in [1.807, 2.05) is 7.11 Å². The zero-order valence-corrected chi connectivity index (χ0v) is 24.5. The highest BCUT2D eigenvalue weighted by Gasteiger charge is 2.62. The Balaban J connectivity index is 1.56. The van der Waals surface area contributed by atoms with Gasteiger partial charge in [0.05, 0.1) is 12.2 Å². The van der Waals surface area contributed by atoms with Crippen molar-refractivity contribution < 1.29 is 9.16 Å². The van der Waals surface area contributed by atoms with E-state index in [0.29, 0.717) is 10.8 Å². The minimum atomic E-state index is -1.85. The van der Waals surface area contributed by atoms with Gasteiger partial charge in [-0.25, -0.2) is 0 Å². The maximum absolute atomic E-state index is 7.23. The van der Waals surface area contributed by atoms with E-state index >= 15 is 0 Å². The van der Waals surface area contributed by atoms with Gasteiger partial charge < -0.3 is 9.16 Å². The molecule has 190 valence electrons. The van der Waals surface area contributed by atoms with E-state index in [1.54, 1.807) is 0 Å². The fourth-order valence-corrected chi connectivity index (χ4v) is 11.0. The van der Waals surface area contributed by atoms with E-state index < -0.39 is 8.32 Å². The first-order chi connectivity index (χ1) is 15.2. The number of rotatable bonds is 5. The Morgan fingerprint density at radius 2 is 1.61 bits per heavy atom. The summed E-state index contributed by atoms with van der Waals surface area (Å²) in [5.41, 5.74) is 2.37. The summed E-state index contributed by atoms with van der Waals surface area (Å²) in [5, 5.41) is 0.238. The van der Waals surface area contributed by atoms with Crippen LogP contribution < -0.4 is 0 Å². The Morgan fingerprint density at radius 1 is 0.939 bits per heavy atom. The number of hydrogen-bond acceptors (Lipinski definition) is 2. The van der Waals surface area contributed by atoms with Crippen LogP contribution in [-0.4, -0.2) is 27.6 Å². The molecular weight excluding hydrogens is 420 g/mol.